The van der Waals surface area contributed by atoms with Crippen LogP contribution in [0.3, 0.4) is 0 Å². The molecule has 94 valence electrons. The molecule has 1 saturated carbocycles. The summed E-state index contributed by atoms with van der Waals surface area (Å²) in [5, 5.41) is 0. The van der Waals surface area contributed by atoms with Gasteiger partial charge in [-0.25, -0.2) is 8.78 Å². The van der Waals surface area contributed by atoms with Crippen LogP contribution in [0.4, 0.5) is 8.78 Å². The minimum Gasteiger partial charge on any atom is -0.494 e. The number of rotatable bonds is 4. The van der Waals surface area contributed by atoms with Crippen molar-refractivity contribution < 1.29 is 13.5 Å². The van der Waals surface area contributed by atoms with Crippen molar-refractivity contribution in [2.24, 2.45) is 5.73 Å². The molecular formula is C13H17F2NO. The molecule has 1 aliphatic carbocycles. The van der Waals surface area contributed by atoms with Gasteiger partial charge in [0.1, 0.15) is 5.75 Å². The molecular weight excluding hydrogens is 224 g/mol. The van der Waals surface area contributed by atoms with Gasteiger partial charge in [-0.05, 0) is 13.0 Å². The van der Waals surface area contributed by atoms with Crippen molar-refractivity contribution in [2.45, 2.75) is 31.1 Å². The molecule has 0 spiro atoms. The van der Waals surface area contributed by atoms with Crippen LogP contribution in [-0.2, 0) is 5.41 Å². The maximum absolute atomic E-state index is 13.1. The van der Waals surface area contributed by atoms with Crippen LogP contribution in [0.25, 0.3) is 0 Å². The smallest absolute Gasteiger partial charge is 0.250 e. The number of para-hydroxylation sites is 1. The Kier molecular flexibility index (Phi) is 3.08. The Hall–Kier alpha value is -1.16. The second-order valence-electron chi connectivity index (χ2n) is 4.62. The lowest BCUT2D eigenvalue weighted by Crippen LogP contribution is -2.53. The predicted octanol–water partition coefficient (Wildman–Crippen LogP) is 2.71. The van der Waals surface area contributed by atoms with Crippen LogP contribution in [0.2, 0.25) is 0 Å². The first-order valence-electron chi connectivity index (χ1n) is 5.83. The van der Waals surface area contributed by atoms with E-state index in [0.29, 0.717) is 12.4 Å². The summed E-state index contributed by atoms with van der Waals surface area (Å²) in [4.78, 5) is 0. The number of benzene rings is 1. The van der Waals surface area contributed by atoms with Gasteiger partial charge in [0.25, 0.3) is 0 Å². The van der Waals surface area contributed by atoms with Gasteiger partial charge in [0.15, 0.2) is 0 Å². The first-order valence-corrected chi connectivity index (χ1v) is 5.83. The monoisotopic (exact) mass is 241 g/mol. The fourth-order valence-electron chi connectivity index (χ4n) is 2.57. The van der Waals surface area contributed by atoms with Crippen LogP contribution in [0.15, 0.2) is 24.3 Å². The van der Waals surface area contributed by atoms with Crippen molar-refractivity contribution in [3.05, 3.63) is 29.8 Å². The average Bonchev–Trinajstić information content (AvgIpc) is 2.26. The number of hydrogen-bond acceptors (Lipinski definition) is 2. The minimum absolute atomic E-state index is 0.180. The van der Waals surface area contributed by atoms with E-state index in [1.54, 1.807) is 0 Å². The molecule has 1 fully saturated rings. The van der Waals surface area contributed by atoms with Gasteiger partial charge in [-0.15, -0.1) is 0 Å². The van der Waals surface area contributed by atoms with Gasteiger partial charge in [0, 0.05) is 30.4 Å². The Balaban J connectivity index is 2.32. The van der Waals surface area contributed by atoms with Gasteiger partial charge in [-0.2, -0.15) is 0 Å². The lowest BCUT2D eigenvalue weighted by atomic mass is 9.62. The lowest BCUT2D eigenvalue weighted by Gasteiger charge is -2.47. The molecule has 1 aromatic rings. The first-order chi connectivity index (χ1) is 8.03. The largest absolute Gasteiger partial charge is 0.494 e. The summed E-state index contributed by atoms with van der Waals surface area (Å²) in [5.41, 5.74) is 5.90. The Morgan fingerprint density at radius 1 is 1.29 bits per heavy atom. The molecule has 17 heavy (non-hydrogen) atoms. The molecule has 0 saturated heterocycles. The van der Waals surface area contributed by atoms with Gasteiger partial charge in [-0.1, -0.05) is 18.2 Å². The van der Waals surface area contributed by atoms with Crippen molar-refractivity contribution in [2.75, 3.05) is 13.2 Å². The van der Waals surface area contributed by atoms with E-state index >= 15 is 0 Å². The molecule has 2 N–H and O–H groups in total. The maximum atomic E-state index is 13.1. The molecule has 0 radical (unpaired) electrons. The molecule has 2 rings (SSSR count). The predicted molar refractivity (Wildman–Crippen MR) is 62.5 cm³/mol. The van der Waals surface area contributed by atoms with E-state index < -0.39 is 11.3 Å². The highest BCUT2D eigenvalue weighted by Gasteiger charge is 2.57. The van der Waals surface area contributed by atoms with Crippen molar-refractivity contribution in [3.63, 3.8) is 0 Å². The maximum Gasteiger partial charge on any atom is 0.250 e. The Morgan fingerprint density at radius 3 is 2.47 bits per heavy atom. The summed E-state index contributed by atoms with van der Waals surface area (Å²) in [6, 6.07) is 7.33. The highest BCUT2D eigenvalue weighted by Crippen LogP contribution is 2.54. The number of hydrogen-bond donors (Lipinski definition) is 1. The second kappa shape index (κ2) is 4.26. The average molecular weight is 241 g/mol. The lowest BCUT2D eigenvalue weighted by molar-refractivity contribution is -0.124. The third kappa shape index (κ3) is 2.14. The van der Waals surface area contributed by atoms with Gasteiger partial charge in [0.2, 0.25) is 5.92 Å². The van der Waals surface area contributed by atoms with Crippen LogP contribution >= 0.6 is 0 Å². The summed E-state index contributed by atoms with van der Waals surface area (Å²) in [6.07, 6.45) is -0.360. The normalized spacial score (nSPS) is 20.7. The number of alkyl halides is 2. The zero-order valence-corrected chi connectivity index (χ0v) is 9.88. The molecule has 2 nitrogen and oxygen atoms in total. The van der Waals surface area contributed by atoms with Gasteiger partial charge in [0.05, 0.1) is 6.61 Å². The van der Waals surface area contributed by atoms with Crippen molar-refractivity contribution in [3.8, 4) is 5.75 Å². The second-order valence-corrected chi connectivity index (χ2v) is 4.62. The quantitative estimate of drug-likeness (QED) is 0.879. The van der Waals surface area contributed by atoms with Crippen LogP contribution in [-0.4, -0.2) is 19.1 Å². The molecule has 0 unspecified atom stereocenters. The molecule has 0 atom stereocenters. The Bertz CT molecular complexity index is 398. The number of halogens is 2. The van der Waals surface area contributed by atoms with Crippen molar-refractivity contribution in [1.82, 2.24) is 0 Å². The number of nitrogens with two attached hydrogens (primary N) is 1. The highest BCUT2D eigenvalue weighted by molar-refractivity contribution is 5.42. The third-order valence-electron chi connectivity index (χ3n) is 3.34. The molecule has 0 aromatic heterocycles. The summed E-state index contributed by atoms with van der Waals surface area (Å²) in [5.74, 6) is -1.91. The molecule has 1 aliphatic rings. The third-order valence-corrected chi connectivity index (χ3v) is 3.34. The zero-order chi connectivity index (χ0) is 12.5. The molecule has 1 aromatic carbocycles. The van der Waals surface area contributed by atoms with Gasteiger partial charge < -0.3 is 10.5 Å². The van der Waals surface area contributed by atoms with Gasteiger partial charge >= 0.3 is 0 Å². The molecule has 4 heteroatoms. The molecule has 0 amide bonds. The topological polar surface area (TPSA) is 35.2 Å². The van der Waals surface area contributed by atoms with E-state index in [1.807, 2.05) is 31.2 Å². The summed E-state index contributed by atoms with van der Waals surface area (Å²) in [7, 11) is 0. The highest BCUT2D eigenvalue weighted by atomic mass is 19.3. The van der Waals surface area contributed by atoms with Crippen molar-refractivity contribution in [1.29, 1.82) is 0 Å². The fourth-order valence-corrected chi connectivity index (χ4v) is 2.57. The van der Waals surface area contributed by atoms with Gasteiger partial charge in [-0.3, -0.25) is 0 Å². The van der Waals surface area contributed by atoms with Crippen LogP contribution in [0.1, 0.15) is 25.3 Å². The van der Waals surface area contributed by atoms with E-state index in [2.05, 4.69) is 0 Å². The summed E-state index contributed by atoms with van der Waals surface area (Å²) < 4.78 is 31.7. The molecule has 0 aliphatic heterocycles. The van der Waals surface area contributed by atoms with Crippen LogP contribution in [0.5, 0.6) is 5.75 Å². The van der Waals surface area contributed by atoms with Crippen LogP contribution < -0.4 is 10.5 Å². The van der Waals surface area contributed by atoms with E-state index in [-0.39, 0.29) is 19.4 Å². The van der Waals surface area contributed by atoms with E-state index in [9.17, 15) is 8.78 Å². The molecule has 0 heterocycles. The first kappa shape index (κ1) is 12.3. The number of ether oxygens (including phenoxy) is 1. The Labute approximate surface area is 99.8 Å². The Morgan fingerprint density at radius 2 is 1.94 bits per heavy atom. The van der Waals surface area contributed by atoms with E-state index in [1.165, 1.54) is 0 Å². The standard InChI is InChI=1S/C13H17F2NO/c1-2-17-11-6-4-3-5-10(11)12(9-16)7-13(14,15)8-12/h3-6H,2,7-9,16H2,1H3. The summed E-state index contributed by atoms with van der Waals surface area (Å²) in [6.45, 7) is 2.63. The van der Waals surface area contributed by atoms with E-state index in [0.717, 1.165) is 5.56 Å². The molecule has 0 bridgehead atoms. The van der Waals surface area contributed by atoms with Crippen molar-refractivity contribution >= 4 is 0 Å². The SMILES string of the molecule is CCOc1ccccc1C1(CN)CC(F)(F)C1. The van der Waals surface area contributed by atoms with E-state index in [4.69, 9.17) is 10.5 Å². The fraction of sp³-hybridized carbons (Fsp3) is 0.538. The zero-order valence-electron chi connectivity index (χ0n) is 9.88. The summed E-state index contributed by atoms with van der Waals surface area (Å²) >= 11 is 0. The van der Waals surface area contributed by atoms with Crippen LogP contribution in [0, 0.1) is 0 Å². The minimum atomic E-state index is -2.58.